The summed E-state index contributed by atoms with van der Waals surface area (Å²) in [6, 6.07) is 9.51. The highest BCUT2D eigenvalue weighted by Crippen LogP contribution is 2.32. The molecule has 0 bridgehead atoms. The van der Waals surface area contributed by atoms with Crippen molar-refractivity contribution >= 4 is 22.8 Å². The highest BCUT2D eigenvalue weighted by Gasteiger charge is 2.44. The van der Waals surface area contributed by atoms with Crippen LogP contribution in [0.4, 0.5) is 10.5 Å². The second-order valence-electron chi connectivity index (χ2n) is 10.8. The van der Waals surface area contributed by atoms with Gasteiger partial charge in [0.25, 0.3) is 0 Å². The molecule has 0 spiro atoms. The van der Waals surface area contributed by atoms with Crippen LogP contribution in [-0.2, 0) is 10.2 Å². The fourth-order valence-corrected chi connectivity index (χ4v) is 4.59. The largest absolute Gasteiger partial charge is 0.387 e. The first-order chi connectivity index (χ1) is 17.5. The molecular weight excluding hydrogens is 472 g/mol. The van der Waals surface area contributed by atoms with Gasteiger partial charge in [0.2, 0.25) is 0 Å². The third kappa shape index (κ3) is 6.27. The van der Waals surface area contributed by atoms with E-state index in [1.165, 1.54) is 11.9 Å². The van der Waals surface area contributed by atoms with Crippen LogP contribution in [0.25, 0.3) is 11.0 Å². The Labute approximate surface area is 217 Å². The van der Waals surface area contributed by atoms with Crippen LogP contribution in [0.5, 0.6) is 0 Å². The molecule has 1 aromatic carbocycles. The van der Waals surface area contributed by atoms with E-state index in [0.717, 1.165) is 23.2 Å². The Hall–Kier alpha value is -3.05. The Morgan fingerprint density at radius 1 is 1.14 bits per heavy atom. The molecule has 1 saturated heterocycles. The summed E-state index contributed by atoms with van der Waals surface area (Å²) < 4.78 is 7.82. The molecule has 3 heterocycles. The fraction of sp³-hybridized carbons (Fsp3) is 0.519. The molecule has 1 aliphatic rings. The third-order valence-electron chi connectivity index (χ3n) is 6.82. The van der Waals surface area contributed by atoms with Gasteiger partial charge in [-0.3, -0.25) is 0 Å². The summed E-state index contributed by atoms with van der Waals surface area (Å²) in [7, 11) is 1.92. The summed E-state index contributed by atoms with van der Waals surface area (Å²) in [5.74, 6) is 0. The number of aliphatic hydroxyl groups excluding tert-OH is 2. The molecule has 37 heavy (non-hydrogen) atoms. The maximum absolute atomic E-state index is 12.2. The zero-order chi connectivity index (χ0) is 26.7. The van der Waals surface area contributed by atoms with Crippen molar-refractivity contribution in [2.75, 3.05) is 32.0 Å². The Balaban J connectivity index is 1.21. The van der Waals surface area contributed by atoms with Crippen molar-refractivity contribution in [3.63, 3.8) is 0 Å². The average Bonchev–Trinajstić information content (AvgIpc) is 3.39. The topological polar surface area (TPSA) is 125 Å². The number of aryl methyl sites for hydroxylation is 1. The van der Waals surface area contributed by atoms with E-state index in [1.807, 2.05) is 49.2 Å². The molecule has 10 heteroatoms. The predicted octanol–water partition coefficient (Wildman–Crippen LogP) is 2.80. The van der Waals surface area contributed by atoms with Gasteiger partial charge in [0.1, 0.15) is 30.3 Å². The van der Waals surface area contributed by atoms with Crippen molar-refractivity contribution in [1.29, 1.82) is 0 Å². The summed E-state index contributed by atoms with van der Waals surface area (Å²) in [5, 5.41) is 27.9. The number of carbonyl (C=O) groups is 1. The Morgan fingerprint density at radius 3 is 2.57 bits per heavy atom. The highest BCUT2D eigenvalue weighted by molar-refractivity contribution is 5.89. The van der Waals surface area contributed by atoms with Crippen molar-refractivity contribution in [3.05, 3.63) is 54.1 Å². The summed E-state index contributed by atoms with van der Waals surface area (Å²) in [6.45, 7) is 9.98. The molecule has 2 amide bonds. The molecule has 3 aromatic rings. The number of ether oxygens (including phenoxy) is 1. The Kier molecular flexibility index (Phi) is 8.13. The molecule has 2 unspecified atom stereocenters. The molecule has 0 saturated carbocycles. The van der Waals surface area contributed by atoms with Gasteiger partial charge < -0.3 is 35.1 Å². The number of carbonyl (C=O) groups excluding carboxylic acids is 1. The number of aliphatic hydroxyl groups is 2. The number of hydrogen-bond acceptors (Lipinski definition) is 7. The number of urea groups is 1. The Bertz CT molecular complexity index is 1210. The zero-order valence-corrected chi connectivity index (χ0v) is 22.2. The number of aromatic nitrogens is 3. The van der Waals surface area contributed by atoms with Gasteiger partial charge >= 0.3 is 6.03 Å². The van der Waals surface area contributed by atoms with E-state index in [2.05, 4.69) is 41.4 Å². The number of benzene rings is 1. The number of anilines is 1. The van der Waals surface area contributed by atoms with E-state index in [9.17, 15) is 15.0 Å². The number of rotatable bonds is 8. The van der Waals surface area contributed by atoms with Gasteiger partial charge in [0.05, 0.1) is 5.69 Å². The molecule has 1 fully saturated rings. The lowest BCUT2D eigenvalue weighted by molar-refractivity contribution is -0.0419. The van der Waals surface area contributed by atoms with E-state index < -0.39 is 24.5 Å². The molecule has 4 rings (SSSR count). The summed E-state index contributed by atoms with van der Waals surface area (Å²) in [4.78, 5) is 22.8. The Morgan fingerprint density at radius 2 is 1.86 bits per heavy atom. The molecule has 0 radical (unpaired) electrons. The average molecular weight is 511 g/mol. The van der Waals surface area contributed by atoms with Crippen LogP contribution in [0, 0.1) is 6.92 Å². The molecule has 200 valence electrons. The smallest absolute Gasteiger partial charge is 0.319 e. The summed E-state index contributed by atoms with van der Waals surface area (Å²) >= 11 is 0. The van der Waals surface area contributed by atoms with Gasteiger partial charge in [0.15, 0.2) is 6.23 Å². The highest BCUT2D eigenvalue weighted by atomic mass is 16.6. The summed E-state index contributed by atoms with van der Waals surface area (Å²) in [6.07, 6.45) is 0.609. The number of hydrogen-bond donors (Lipinski definition) is 4. The third-order valence-corrected chi connectivity index (χ3v) is 6.82. The van der Waals surface area contributed by atoms with Gasteiger partial charge in [-0.15, -0.1) is 0 Å². The lowest BCUT2D eigenvalue weighted by Crippen LogP contribution is -2.39. The SMILES string of the molecule is Cc1ncnc2c1ccn2[C@@H]1OC(CN(C)CCCNC(=O)Nc2ccc(C(C)(C)C)cc2)[C@@H](O)C1O. The van der Waals surface area contributed by atoms with Crippen LogP contribution in [-0.4, -0.2) is 80.7 Å². The van der Waals surface area contributed by atoms with Gasteiger partial charge in [-0.1, -0.05) is 32.9 Å². The van der Waals surface area contributed by atoms with Crippen LogP contribution in [0.3, 0.4) is 0 Å². The van der Waals surface area contributed by atoms with Crippen LogP contribution in [0.2, 0.25) is 0 Å². The first-order valence-electron chi connectivity index (χ1n) is 12.7. The number of nitrogens with zero attached hydrogens (tertiary/aromatic N) is 4. The standard InChI is InChI=1S/C27H38N6O4/c1-17-20-11-14-33(24(20)30-16-29-17)25-23(35)22(34)21(37-25)15-32(5)13-6-12-28-26(36)31-19-9-7-18(8-10-19)27(2,3)4/h7-11,14,16,21-23,25,34-35H,6,12-13,15H2,1-5H3,(H2,28,31,36)/t21?,22-,23?,25-/m1/s1. The van der Waals surface area contributed by atoms with Crippen molar-refractivity contribution in [2.45, 2.75) is 64.1 Å². The monoisotopic (exact) mass is 510 g/mol. The lowest BCUT2D eigenvalue weighted by Gasteiger charge is -2.23. The number of fused-ring (bicyclic) bond motifs is 1. The van der Waals surface area contributed by atoms with E-state index in [4.69, 9.17) is 4.74 Å². The quantitative estimate of drug-likeness (QED) is 0.344. The van der Waals surface area contributed by atoms with Gasteiger partial charge in [-0.05, 0) is 56.1 Å². The van der Waals surface area contributed by atoms with Gasteiger partial charge in [-0.25, -0.2) is 14.8 Å². The minimum absolute atomic E-state index is 0.0656. The van der Waals surface area contributed by atoms with Crippen molar-refractivity contribution in [1.82, 2.24) is 24.8 Å². The van der Waals surface area contributed by atoms with Gasteiger partial charge in [0, 0.05) is 30.4 Å². The maximum Gasteiger partial charge on any atom is 0.319 e. The predicted molar refractivity (Wildman–Crippen MR) is 142 cm³/mol. The molecule has 0 aliphatic carbocycles. The molecule has 10 nitrogen and oxygen atoms in total. The van der Waals surface area contributed by atoms with E-state index in [1.54, 1.807) is 10.8 Å². The molecule has 1 aliphatic heterocycles. The van der Waals surface area contributed by atoms with Crippen LogP contribution in [0.15, 0.2) is 42.9 Å². The van der Waals surface area contributed by atoms with Crippen molar-refractivity contribution < 1.29 is 19.7 Å². The molecule has 4 atom stereocenters. The second kappa shape index (κ2) is 11.1. The first-order valence-corrected chi connectivity index (χ1v) is 12.7. The number of amides is 2. The fourth-order valence-electron chi connectivity index (χ4n) is 4.59. The first kappa shape index (κ1) is 27.0. The maximum atomic E-state index is 12.2. The van der Waals surface area contributed by atoms with Crippen molar-refractivity contribution in [2.24, 2.45) is 0 Å². The van der Waals surface area contributed by atoms with Crippen LogP contribution < -0.4 is 10.6 Å². The minimum atomic E-state index is -1.08. The summed E-state index contributed by atoms with van der Waals surface area (Å²) in [5.41, 5.74) is 3.53. The molecule has 2 aromatic heterocycles. The van der Waals surface area contributed by atoms with E-state index in [-0.39, 0.29) is 11.4 Å². The van der Waals surface area contributed by atoms with E-state index >= 15 is 0 Å². The number of nitrogens with one attached hydrogen (secondary N) is 2. The van der Waals surface area contributed by atoms with Crippen LogP contribution in [0.1, 0.15) is 44.7 Å². The van der Waals surface area contributed by atoms with Crippen LogP contribution >= 0.6 is 0 Å². The minimum Gasteiger partial charge on any atom is -0.387 e. The normalized spacial score (nSPS) is 22.1. The van der Waals surface area contributed by atoms with E-state index in [0.29, 0.717) is 25.3 Å². The second-order valence-corrected chi connectivity index (χ2v) is 10.8. The van der Waals surface area contributed by atoms with Gasteiger partial charge in [-0.2, -0.15) is 0 Å². The molecular formula is C27H38N6O4. The lowest BCUT2D eigenvalue weighted by atomic mass is 9.87. The van der Waals surface area contributed by atoms with Crippen molar-refractivity contribution in [3.8, 4) is 0 Å². The molecule has 4 N–H and O–H groups in total. The zero-order valence-electron chi connectivity index (χ0n) is 22.2. The number of likely N-dealkylation sites (N-methyl/N-ethyl adjacent to an activating group) is 1.